The fourth-order valence-electron chi connectivity index (χ4n) is 3.46. The average molecular weight is 749 g/mol. The molecule has 0 heterocycles. The van der Waals surface area contributed by atoms with Gasteiger partial charge in [-0.3, -0.25) is 9.59 Å². The number of amides is 1. The molecule has 240 valence electrons. The van der Waals surface area contributed by atoms with E-state index in [1.807, 2.05) is 84.9 Å². The molecular formula is C37H49Br2ClN2O2. The van der Waals surface area contributed by atoms with Crippen LogP contribution in [0.5, 0.6) is 0 Å². The second-order valence-corrected chi connectivity index (χ2v) is 13.4. The lowest BCUT2D eigenvalue weighted by atomic mass is 9.87. The monoisotopic (exact) mass is 746 g/mol. The van der Waals surface area contributed by atoms with Gasteiger partial charge in [-0.05, 0) is 114 Å². The third-order valence-corrected chi connectivity index (χ3v) is 7.65. The molecule has 44 heavy (non-hydrogen) atoms. The van der Waals surface area contributed by atoms with Crippen LogP contribution < -0.4 is 11.1 Å². The van der Waals surface area contributed by atoms with Crippen molar-refractivity contribution in [2.75, 3.05) is 11.1 Å². The van der Waals surface area contributed by atoms with Gasteiger partial charge in [-0.1, -0.05) is 112 Å². The van der Waals surface area contributed by atoms with Crippen molar-refractivity contribution in [1.82, 2.24) is 0 Å². The summed E-state index contributed by atoms with van der Waals surface area (Å²) in [4.78, 5) is 23.0. The molecule has 4 aromatic rings. The van der Waals surface area contributed by atoms with Gasteiger partial charge in [0.2, 0.25) is 0 Å². The quantitative estimate of drug-likeness (QED) is 0.162. The Hall–Kier alpha value is -2.93. The number of halogens is 3. The molecule has 0 saturated carbocycles. The predicted molar refractivity (Wildman–Crippen MR) is 201 cm³/mol. The highest BCUT2D eigenvalue weighted by Crippen LogP contribution is 2.25. The standard InChI is InChI=1S/C17H18BrNO.C11H13ClO.C6H6BrN.3CH4/c1-17(2,3)13-10-8-12(9-11-13)16(20)19-15-7-5-4-6-14(15)18;1-11(2,3)9-6-4-8(5-7-9)10(12)13;7-5-3-1-2-4-6(5)8;;;/h4-11H,1-3H3,(H,19,20);4-7H,1-3H3;1-4H,8H2;3*1H4. The number of benzene rings is 4. The lowest BCUT2D eigenvalue weighted by Crippen LogP contribution is -2.14. The van der Waals surface area contributed by atoms with Crippen LogP contribution >= 0.6 is 43.5 Å². The van der Waals surface area contributed by atoms with Gasteiger partial charge in [-0.2, -0.15) is 0 Å². The maximum Gasteiger partial charge on any atom is 0.255 e. The summed E-state index contributed by atoms with van der Waals surface area (Å²) >= 11 is 12.0. The Bertz CT molecular complexity index is 1420. The Labute approximate surface area is 288 Å². The number of nitrogens with one attached hydrogen (secondary N) is 1. The maximum absolute atomic E-state index is 12.2. The average Bonchev–Trinajstić information content (AvgIpc) is 2.91. The first-order valence-corrected chi connectivity index (χ1v) is 15.0. The highest BCUT2D eigenvalue weighted by molar-refractivity contribution is 9.11. The second kappa shape index (κ2) is 19.5. The molecule has 4 nitrogen and oxygen atoms in total. The summed E-state index contributed by atoms with van der Waals surface area (Å²) in [7, 11) is 0. The summed E-state index contributed by atoms with van der Waals surface area (Å²) in [5, 5.41) is 2.50. The molecule has 0 fully saturated rings. The van der Waals surface area contributed by atoms with Crippen molar-refractivity contribution in [3.63, 3.8) is 0 Å². The van der Waals surface area contributed by atoms with Crippen molar-refractivity contribution in [3.05, 3.63) is 128 Å². The van der Waals surface area contributed by atoms with Crippen LogP contribution in [0, 0.1) is 0 Å². The Morgan fingerprint density at radius 1 is 0.614 bits per heavy atom. The fraction of sp³-hybridized carbons (Fsp3) is 0.297. The van der Waals surface area contributed by atoms with Crippen molar-refractivity contribution in [3.8, 4) is 0 Å². The molecule has 1 amide bonds. The molecule has 0 radical (unpaired) electrons. The second-order valence-electron chi connectivity index (χ2n) is 11.4. The van der Waals surface area contributed by atoms with E-state index >= 15 is 0 Å². The molecule has 0 spiro atoms. The van der Waals surface area contributed by atoms with Gasteiger partial charge in [0.15, 0.2) is 0 Å². The van der Waals surface area contributed by atoms with Gasteiger partial charge in [0, 0.05) is 25.8 Å². The molecule has 0 aliphatic heterocycles. The van der Waals surface area contributed by atoms with Gasteiger partial charge >= 0.3 is 0 Å². The number of nitrogens with two attached hydrogens (primary N) is 1. The largest absolute Gasteiger partial charge is 0.398 e. The summed E-state index contributed by atoms with van der Waals surface area (Å²) in [6.07, 6.45) is 0. The molecule has 0 aliphatic carbocycles. The summed E-state index contributed by atoms with van der Waals surface area (Å²) < 4.78 is 1.83. The molecular weight excluding hydrogens is 700 g/mol. The molecule has 3 N–H and O–H groups in total. The minimum atomic E-state index is -0.402. The summed E-state index contributed by atoms with van der Waals surface area (Å²) in [5.41, 5.74) is 10.9. The van der Waals surface area contributed by atoms with E-state index in [2.05, 4.69) is 78.7 Å². The lowest BCUT2D eigenvalue weighted by Gasteiger charge is -2.19. The third kappa shape index (κ3) is 14.2. The van der Waals surface area contributed by atoms with Crippen LogP contribution in [0.4, 0.5) is 11.4 Å². The molecule has 0 atom stereocenters. The minimum Gasteiger partial charge on any atom is -0.398 e. The van der Waals surface area contributed by atoms with E-state index in [4.69, 9.17) is 17.3 Å². The Kier molecular flexibility index (Phi) is 19.1. The van der Waals surface area contributed by atoms with Crippen LogP contribution in [-0.2, 0) is 10.8 Å². The van der Waals surface area contributed by atoms with Gasteiger partial charge in [0.1, 0.15) is 0 Å². The molecule has 0 aliphatic rings. The number of rotatable bonds is 3. The number of hydrogen-bond donors (Lipinski definition) is 2. The zero-order valence-electron chi connectivity index (χ0n) is 24.3. The van der Waals surface area contributed by atoms with Crippen LogP contribution in [0.2, 0.25) is 0 Å². The molecule has 0 bridgehead atoms. The zero-order valence-corrected chi connectivity index (χ0v) is 28.2. The summed E-state index contributed by atoms with van der Waals surface area (Å²) in [6, 6.07) is 30.3. The number of hydrogen-bond acceptors (Lipinski definition) is 3. The highest BCUT2D eigenvalue weighted by atomic mass is 79.9. The predicted octanol–water partition coefficient (Wildman–Crippen LogP) is 12.3. The fourth-order valence-corrected chi connectivity index (χ4v) is 4.25. The van der Waals surface area contributed by atoms with Crippen LogP contribution in [0.1, 0.15) is 95.7 Å². The molecule has 7 heteroatoms. The highest BCUT2D eigenvalue weighted by Gasteiger charge is 2.15. The first-order chi connectivity index (χ1) is 19.1. The third-order valence-electron chi connectivity index (χ3n) is 6.02. The number of carbonyl (C=O) groups is 2. The molecule has 0 unspecified atom stereocenters. The first-order valence-electron chi connectivity index (χ1n) is 13.1. The topological polar surface area (TPSA) is 72.2 Å². The van der Waals surface area contributed by atoms with Crippen molar-refractivity contribution in [1.29, 1.82) is 0 Å². The SMILES string of the molecule is C.C.C.CC(C)(C)c1ccc(C(=O)Cl)cc1.CC(C)(C)c1ccc(C(=O)Nc2ccccc2Br)cc1.Nc1ccccc1Br. The van der Waals surface area contributed by atoms with Gasteiger partial charge in [0.25, 0.3) is 11.1 Å². The maximum atomic E-state index is 12.2. The van der Waals surface area contributed by atoms with Crippen LogP contribution in [0.15, 0.2) is 106 Å². The zero-order chi connectivity index (χ0) is 30.8. The number of carbonyl (C=O) groups excluding carboxylic acids is 2. The van der Waals surface area contributed by atoms with E-state index in [-0.39, 0.29) is 39.0 Å². The Morgan fingerprint density at radius 2 is 1.00 bits per heavy atom. The van der Waals surface area contributed by atoms with Gasteiger partial charge in [-0.15, -0.1) is 0 Å². The molecule has 4 aromatic carbocycles. The van der Waals surface area contributed by atoms with Gasteiger partial charge in [-0.25, -0.2) is 0 Å². The summed E-state index contributed by atoms with van der Waals surface area (Å²) in [6.45, 7) is 12.9. The molecule has 0 aromatic heterocycles. The lowest BCUT2D eigenvalue weighted by molar-refractivity contribution is 0.102. The Balaban J connectivity index is 0. The van der Waals surface area contributed by atoms with Gasteiger partial charge < -0.3 is 11.1 Å². The van der Waals surface area contributed by atoms with E-state index in [9.17, 15) is 9.59 Å². The van der Waals surface area contributed by atoms with E-state index in [1.54, 1.807) is 12.1 Å². The van der Waals surface area contributed by atoms with E-state index < -0.39 is 5.24 Å². The van der Waals surface area contributed by atoms with Gasteiger partial charge in [0.05, 0.1) is 5.69 Å². The van der Waals surface area contributed by atoms with Crippen LogP contribution in [0.25, 0.3) is 0 Å². The molecule has 0 saturated heterocycles. The van der Waals surface area contributed by atoms with Crippen LogP contribution in [0.3, 0.4) is 0 Å². The minimum absolute atomic E-state index is 0. The van der Waals surface area contributed by atoms with E-state index in [0.717, 1.165) is 20.3 Å². The number of para-hydroxylation sites is 2. The molecule has 4 rings (SSSR count). The van der Waals surface area contributed by atoms with E-state index in [0.29, 0.717) is 11.1 Å². The smallest absolute Gasteiger partial charge is 0.255 e. The number of nitrogen functional groups attached to an aromatic ring is 1. The summed E-state index contributed by atoms with van der Waals surface area (Å²) in [5.74, 6) is -0.0997. The van der Waals surface area contributed by atoms with Crippen molar-refractivity contribution in [2.24, 2.45) is 0 Å². The first kappa shape index (κ1) is 43.2. The normalized spacial score (nSPS) is 10.1. The number of anilines is 2. The van der Waals surface area contributed by atoms with Crippen molar-refractivity contribution in [2.45, 2.75) is 74.7 Å². The van der Waals surface area contributed by atoms with Crippen LogP contribution in [-0.4, -0.2) is 11.1 Å². The van der Waals surface area contributed by atoms with Crippen molar-refractivity contribution >= 4 is 66.0 Å². The van der Waals surface area contributed by atoms with Crippen molar-refractivity contribution < 1.29 is 9.59 Å². The van der Waals surface area contributed by atoms with E-state index in [1.165, 1.54) is 11.1 Å². The Morgan fingerprint density at radius 3 is 1.34 bits per heavy atom.